The first-order valence-corrected chi connectivity index (χ1v) is 11.7. The van der Waals surface area contributed by atoms with Crippen molar-refractivity contribution in [2.45, 2.75) is 31.0 Å². The van der Waals surface area contributed by atoms with E-state index >= 15 is 0 Å². The maximum Gasteiger partial charge on any atom is 0.274 e. The minimum absolute atomic E-state index is 0.113. The van der Waals surface area contributed by atoms with Crippen LogP contribution in [0.5, 0.6) is 0 Å². The lowest BCUT2D eigenvalue weighted by Gasteiger charge is -2.24. The van der Waals surface area contributed by atoms with Crippen LogP contribution in [0, 0.1) is 19.7 Å². The van der Waals surface area contributed by atoms with Crippen molar-refractivity contribution in [1.82, 2.24) is 5.32 Å². The zero-order chi connectivity index (χ0) is 21.9. The summed E-state index contributed by atoms with van der Waals surface area (Å²) in [6, 6.07) is 13.8. The van der Waals surface area contributed by atoms with Gasteiger partial charge in [0.2, 0.25) is 5.91 Å². The highest BCUT2D eigenvalue weighted by Crippen LogP contribution is 2.27. The molecular weight excluding hydrogens is 423 g/mol. The third-order valence-electron chi connectivity index (χ3n) is 4.85. The number of nitrogens with zero attached hydrogens (tertiary/aromatic N) is 1. The van der Waals surface area contributed by atoms with Crippen LogP contribution < -0.4 is 9.62 Å². The van der Waals surface area contributed by atoms with Crippen LogP contribution in [-0.4, -0.2) is 20.9 Å². The predicted molar refractivity (Wildman–Crippen MR) is 118 cm³/mol. The van der Waals surface area contributed by atoms with Crippen molar-refractivity contribution in [2.24, 2.45) is 0 Å². The SMILES string of the molecule is Cc1ccc([C@H](C)NC(=O)CN(c2ccc(F)cc2)S(=O)(=O)c2cccs2)cc1C. The third kappa shape index (κ3) is 4.88. The van der Waals surface area contributed by atoms with Crippen molar-refractivity contribution in [3.63, 3.8) is 0 Å². The number of hydrogen-bond donors (Lipinski definition) is 1. The fourth-order valence-corrected chi connectivity index (χ4v) is 5.50. The Morgan fingerprint density at radius 2 is 1.80 bits per heavy atom. The van der Waals surface area contributed by atoms with Crippen LogP contribution in [0.4, 0.5) is 10.1 Å². The fraction of sp³-hybridized carbons (Fsp3) is 0.227. The molecule has 2 aromatic carbocycles. The molecule has 5 nitrogen and oxygen atoms in total. The van der Waals surface area contributed by atoms with E-state index in [1.807, 2.05) is 39.0 Å². The van der Waals surface area contributed by atoms with Gasteiger partial charge in [0.25, 0.3) is 10.0 Å². The Balaban J connectivity index is 1.84. The van der Waals surface area contributed by atoms with E-state index in [1.165, 1.54) is 30.3 Å². The molecule has 0 aliphatic carbocycles. The Kier molecular flexibility index (Phi) is 6.58. The van der Waals surface area contributed by atoms with Crippen LogP contribution in [0.1, 0.15) is 29.7 Å². The number of carbonyl (C=O) groups is 1. The van der Waals surface area contributed by atoms with E-state index in [0.29, 0.717) is 0 Å². The molecule has 3 rings (SSSR count). The van der Waals surface area contributed by atoms with Gasteiger partial charge in [-0.15, -0.1) is 11.3 Å². The Hall–Kier alpha value is -2.71. The Bertz CT molecular complexity index is 1130. The first kappa shape index (κ1) is 22.0. The number of amides is 1. The molecule has 0 saturated heterocycles. The van der Waals surface area contributed by atoms with Gasteiger partial charge in [0.05, 0.1) is 11.7 Å². The van der Waals surface area contributed by atoms with Gasteiger partial charge in [0.1, 0.15) is 16.6 Å². The minimum atomic E-state index is -3.96. The van der Waals surface area contributed by atoms with E-state index in [9.17, 15) is 17.6 Å². The topological polar surface area (TPSA) is 66.5 Å². The standard InChI is InChI=1S/C22H23FN2O3S2/c1-15-6-7-18(13-16(15)2)17(3)24-21(26)14-25(20-10-8-19(23)9-11-20)30(27,28)22-5-4-12-29-22/h4-13,17H,14H2,1-3H3,(H,24,26)/t17-/m0/s1. The Morgan fingerprint density at radius 3 is 2.40 bits per heavy atom. The number of halogens is 1. The van der Waals surface area contributed by atoms with Crippen LogP contribution in [0.25, 0.3) is 0 Å². The van der Waals surface area contributed by atoms with Gasteiger partial charge < -0.3 is 5.32 Å². The molecule has 0 aliphatic rings. The molecule has 1 amide bonds. The summed E-state index contributed by atoms with van der Waals surface area (Å²) in [5, 5.41) is 4.51. The highest BCUT2D eigenvalue weighted by Gasteiger charge is 2.28. The number of carbonyl (C=O) groups excluding carboxylic acids is 1. The Morgan fingerprint density at radius 1 is 1.10 bits per heavy atom. The van der Waals surface area contributed by atoms with Gasteiger partial charge in [-0.1, -0.05) is 24.3 Å². The van der Waals surface area contributed by atoms with E-state index in [-0.39, 0.29) is 15.9 Å². The maximum atomic E-state index is 13.4. The van der Waals surface area contributed by atoms with E-state index < -0.39 is 28.3 Å². The smallest absolute Gasteiger partial charge is 0.274 e. The molecule has 0 radical (unpaired) electrons. The van der Waals surface area contributed by atoms with Gasteiger partial charge >= 0.3 is 0 Å². The number of sulfonamides is 1. The van der Waals surface area contributed by atoms with Gasteiger partial charge in [-0.3, -0.25) is 9.10 Å². The fourth-order valence-electron chi connectivity index (χ4n) is 2.98. The van der Waals surface area contributed by atoms with E-state index in [4.69, 9.17) is 0 Å². The lowest BCUT2D eigenvalue weighted by molar-refractivity contribution is -0.120. The molecule has 1 atom stereocenters. The summed E-state index contributed by atoms with van der Waals surface area (Å²) in [5.74, 6) is -0.940. The summed E-state index contributed by atoms with van der Waals surface area (Å²) in [6.45, 7) is 5.44. The molecule has 0 aliphatic heterocycles. The normalized spacial score (nSPS) is 12.4. The van der Waals surface area contributed by atoms with Crippen molar-refractivity contribution < 1.29 is 17.6 Å². The molecule has 30 heavy (non-hydrogen) atoms. The molecule has 158 valence electrons. The second-order valence-electron chi connectivity index (χ2n) is 7.05. The Labute approximate surface area is 180 Å². The predicted octanol–water partition coefficient (Wildman–Crippen LogP) is 4.58. The molecule has 0 unspecified atom stereocenters. The molecule has 0 spiro atoms. The van der Waals surface area contributed by atoms with Crippen LogP contribution >= 0.6 is 11.3 Å². The maximum absolute atomic E-state index is 13.4. The van der Waals surface area contributed by atoms with Gasteiger partial charge in [0.15, 0.2) is 0 Å². The highest BCUT2D eigenvalue weighted by atomic mass is 32.2. The summed E-state index contributed by atoms with van der Waals surface area (Å²) in [4.78, 5) is 12.8. The number of benzene rings is 2. The molecular formula is C22H23FN2O3S2. The van der Waals surface area contributed by atoms with Crippen LogP contribution in [-0.2, 0) is 14.8 Å². The van der Waals surface area contributed by atoms with Crippen molar-refractivity contribution in [3.8, 4) is 0 Å². The van der Waals surface area contributed by atoms with E-state index in [1.54, 1.807) is 11.4 Å². The van der Waals surface area contributed by atoms with Crippen LogP contribution in [0.2, 0.25) is 0 Å². The lowest BCUT2D eigenvalue weighted by Crippen LogP contribution is -2.41. The first-order valence-electron chi connectivity index (χ1n) is 9.37. The van der Waals surface area contributed by atoms with Crippen molar-refractivity contribution in [3.05, 3.63) is 82.5 Å². The molecule has 0 fully saturated rings. The zero-order valence-corrected chi connectivity index (χ0v) is 18.6. The molecule has 8 heteroatoms. The molecule has 0 bridgehead atoms. The van der Waals surface area contributed by atoms with Gasteiger partial charge in [-0.25, -0.2) is 12.8 Å². The summed E-state index contributed by atoms with van der Waals surface area (Å²) in [6.07, 6.45) is 0. The number of thiophene rings is 1. The van der Waals surface area contributed by atoms with E-state index in [0.717, 1.165) is 32.3 Å². The molecule has 1 heterocycles. The van der Waals surface area contributed by atoms with Gasteiger partial charge in [-0.05, 0) is 73.2 Å². The summed E-state index contributed by atoms with van der Waals surface area (Å²) < 4.78 is 40.7. The average Bonchev–Trinajstić information content (AvgIpc) is 3.24. The molecule has 1 aromatic heterocycles. The average molecular weight is 447 g/mol. The van der Waals surface area contributed by atoms with Crippen molar-refractivity contribution >= 4 is 33.0 Å². The van der Waals surface area contributed by atoms with Crippen molar-refractivity contribution in [2.75, 3.05) is 10.8 Å². The summed E-state index contributed by atoms with van der Waals surface area (Å²) in [5.41, 5.74) is 3.42. The quantitative estimate of drug-likeness (QED) is 0.578. The largest absolute Gasteiger partial charge is 0.348 e. The molecule has 3 aromatic rings. The molecule has 0 saturated carbocycles. The van der Waals surface area contributed by atoms with Crippen LogP contribution in [0.3, 0.4) is 0 Å². The minimum Gasteiger partial charge on any atom is -0.348 e. The van der Waals surface area contributed by atoms with Gasteiger partial charge in [-0.2, -0.15) is 0 Å². The molecule has 1 N–H and O–H groups in total. The summed E-state index contributed by atoms with van der Waals surface area (Å²) >= 11 is 1.06. The highest BCUT2D eigenvalue weighted by molar-refractivity contribution is 7.94. The van der Waals surface area contributed by atoms with Crippen molar-refractivity contribution in [1.29, 1.82) is 0 Å². The number of rotatable bonds is 7. The number of nitrogens with one attached hydrogen (secondary N) is 1. The van der Waals surface area contributed by atoms with Gasteiger partial charge in [0, 0.05) is 0 Å². The number of aryl methyl sites for hydroxylation is 2. The summed E-state index contributed by atoms with van der Waals surface area (Å²) in [7, 11) is -3.96. The monoisotopic (exact) mass is 446 g/mol. The third-order valence-corrected chi connectivity index (χ3v) is 8.00. The van der Waals surface area contributed by atoms with E-state index in [2.05, 4.69) is 5.32 Å². The first-order chi connectivity index (χ1) is 14.2. The van der Waals surface area contributed by atoms with Crippen LogP contribution in [0.15, 0.2) is 64.2 Å². The number of hydrogen-bond acceptors (Lipinski definition) is 4. The second kappa shape index (κ2) is 8.97. The zero-order valence-electron chi connectivity index (χ0n) is 16.9. The second-order valence-corrected chi connectivity index (χ2v) is 10.1. The number of anilines is 1. The lowest BCUT2D eigenvalue weighted by atomic mass is 10.0.